The van der Waals surface area contributed by atoms with Gasteiger partial charge in [0.1, 0.15) is 0 Å². The van der Waals surface area contributed by atoms with Gasteiger partial charge < -0.3 is 20.6 Å². The molecule has 0 heterocycles. The number of carbonyl (C=O) groups excluding carboxylic acids is 1. The summed E-state index contributed by atoms with van der Waals surface area (Å²) in [6.45, 7) is 6.30. The first-order valence-corrected chi connectivity index (χ1v) is 6.40. The molecule has 5 heteroatoms. The van der Waals surface area contributed by atoms with Gasteiger partial charge in [0.2, 0.25) is 0 Å². The van der Waals surface area contributed by atoms with Crippen LogP contribution in [0.25, 0.3) is 0 Å². The first kappa shape index (κ1) is 15.3. The Morgan fingerprint density at radius 3 is 2.58 bits per heavy atom. The summed E-state index contributed by atoms with van der Waals surface area (Å²) < 4.78 is 0. The lowest BCUT2D eigenvalue weighted by atomic mass is 10.1. The number of benzene rings is 1. The van der Waals surface area contributed by atoms with Crippen molar-refractivity contribution in [1.82, 2.24) is 5.32 Å². The van der Waals surface area contributed by atoms with Crippen LogP contribution in [-0.4, -0.2) is 36.9 Å². The summed E-state index contributed by atoms with van der Waals surface area (Å²) in [5, 5.41) is 14.7. The first-order valence-electron chi connectivity index (χ1n) is 6.40. The van der Waals surface area contributed by atoms with Crippen molar-refractivity contribution in [2.75, 3.05) is 30.4 Å². The quantitative estimate of drug-likeness (QED) is 0.763. The number of hydrogen-bond donors (Lipinski definition) is 3. The van der Waals surface area contributed by atoms with Crippen molar-refractivity contribution in [3.8, 4) is 0 Å². The van der Waals surface area contributed by atoms with Crippen LogP contribution in [0, 0.1) is 0 Å². The summed E-state index contributed by atoms with van der Waals surface area (Å²) in [4.78, 5) is 13.9. The zero-order chi connectivity index (χ0) is 14.5. The van der Waals surface area contributed by atoms with Crippen LogP contribution in [0.1, 0.15) is 20.8 Å². The van der Waals surface area contributed by atoms with E-state index in [4.69, 9.17) is 5.11 Å². The Kier molecular flexibility index (Phi) is 5.18. The van der Waals surface area contributed by atoms with E-state index in [1.54, 1.807) is 13.8 Å². The van der Waals surface area contributed by atoms with Crippen molar-refractivity contribution in [2.24, 2.45) is 0 Å². The van der Waals surface area contributed by atoms with Crippen LogP contribution in [0.2, 0.25) is 0 Å². The van der Waals surface area contributed by atoms with E-state index in [1.807, 2.05) is 43.1 Å². The van der Waals surface area contributed by atoms with Gasteiger partial charge in [0.05, 0.1) is 23.5 Å². The van der Waals surface area contributed by atoms with Crippen molar-refractivity contribution in [3.05, 3.63) is 24.3 Å². The lowest BCUT2D eigenvalue weighted by molar-refractivity contribution is 0.187. The molecule has 2 amide bonds. The lowest BCUT2D eigenvalue weighted by Crippen LogP contribution is -2.48. The molecule has 1 aromatic carbocycles. The van der Waals surface area contributed by atoms with Crippen LogP contribution in [0.15, 0.2) is 24.3 Å². The third-order valence-electron chi connectivity index (χ3n) is 2.89. The molecule has 106 valence electrons. The highest BCUT2D eigenvalue weighted by molar-refractivity contribution is 5.93. The molecule has 0 fully saturated rings. The monoisotopic (exact) mass is 265 g/mol. The molecule has 0 aliphatic rings. The summed E-state index contributed by atoms with van der Waals surface area (Å²) in [6.07, 6.45) is 0. The van der Waals surface area contributed by atoms with E-state index in [9.17, 15) is 4.79 Å². The second-order valence-electron chi connectivity index (χ2n) is 5.15. The standard InChI is InChI=1S/C14H23N3O2/c1-5-17(4)12-9-7-6-8-11(12)15-13(19)16-14(2,3)10-18/h6-9,18H,5,10H2,1-4H3,(H2,15,16,19). The maximum atomic E-state index is 11.9. The third kappa shape index (κ3) is 4.44. The number of urea groups is 1. The summed E-state index contributed by atoms with van der Waals surface area (Å²) in [6, 6.07) is 7.29. The van der Waals surface area contributed by atoms with E-state index in [0.29, 0.717) is 0 Å². The highest BCUT2D eigenvalue weighted by Crippen LogP contribution is 2.24. The van der Waals surface area contributed by atoms with E-state index in [2.05, 4.69) is 10.6 Å². The number of nitrogens with one attached hydrogen (secondary N) is 2. The second-order valence-corrected chi connectivity index (χ2v) is 5.15. The highest BCUT2D eigenvalue weighted by atomic mass is 16.3. The summed E-state index contributed by atoms with van der Waals surface area (Å²) in [5.41, 5.74) is 1.07. The summed E-state index contributed by atoms with van der Waals surface area (Å²) in [5.74, 6) is 0. The molecule has 19 heavy (non-hydrogen) atoms. The van der Waals surface area contributed by atoms with Gasteiger partial charge in [-0.2, -0.15) is 0 Å². The molecule has 0 saturated carbocycles. The van der Waals surface area contributed by atoms with Crippen LogP contribution in [0.3, 0.4) is 0 Å². The van der Waals surface area contributed by atoms with Crippen molar-refractivity contribution in [1.29, 1.82) is 0 Å². The number of para-hydroxylation sites is 2. The molecule has 0 aliphatic heterocycles. The predicted octanol–water partition coefficient (Wildman–Crippen LogP) is 2.04. The number of rotatable bonds is 5. The average Bonchev–Trinajstić information content (AvgIpc) is 2.37. The summed E-state index contributed by atoms with van der Waals surface area (Å²) >= 11 is 0. The number of carbonyl (C=O) groups is 1. The van der Waals surface area contributed by atoms with Crippen LogP contribution >= 0.6 is 0 Å². The molecule has 1 rings (SSSR count). The molecule has 0 aromatic heterocycles. The molecule has 5 nitrogen and oxygen atoms in total. The van der Waals surface area contributed by atoms with Gasteiger partial charge >= 0.3 is 6.03 Å². The molecular weight excluding hydrogens is 242 g/mol. The van der Waals surface area contributed by atoms with Gasteiger partial charge in [-0.1, -0.05) is 12.1 Å². The molecule has 0 saturated heterocycles. The Morgan fingerprint density at radius 2 is 2.00 bits per heavy atom. The van der Waals surface area contributed by atoms with E-state index >= 15 is 0 Å². The molecule has 0 spiro atoms. The minimum atomic E-state index is -0.643. The Morgan fingerprint density at radius 1 is 1.37 bits per heavy atom. The lowest BCUT2D eigenvalue weighted by Gasteiger charge is -2.25. The van der Waals surface area contributed by atoms with Gasteiger partial charge in [0.15, 0.2) is 0 Å². The van der Waals surface area contributed by atoms with Gasteiger partial charge in [0.25, 0.3) is 0 Å². The minimum absolute atomic E-state index is 0.114. The van der Waals surface area contributed by atoms with Crippen LogP contribution in [-0.2, 0) is 0 Å². The normalized spacial score (nSPS) is 11.0. The van der Waals surface area contributed by atoms with E-state index in [-0.39, 0.29) is 12.6 Å². The number of nitrogens with zero attached hydrogens (tertiary/aromatic N) is 1. The highest BCUT2D eigenvalue weighted by Gasteiger charge is 2.19. The fraction of sp³-hybridized carbons (Fsp3) is 0.500. The zero-order valence-corrected chi connectivity index (χ0v) is 12.0. The maximum absolute atomic E-state index is 11.9. The fourth-order valence-electron chi connectivity index (χ4n) is 1.58. The van der Waals surface area contributed by atoms with Crippen molar-refractivity contribution in [2.45, 2.75) is 26.3 Å². The Bertz CT molecular complexity index is 432. The Hall–Kier alpha value is -1.75. The number of aliphatic hydroxyl groups is 1. The topological polar surface area (TPSA) is 64.6 Å². The molecule has 0 unspecified atom stereocenters. The molecule has 0 aliphatic carbocycles. The van der Waals surface area contributed by atoms with Gasteiger partial charge in [-0.05, 0) is 32.9 Å². The average molecular weight is 265 g/mol. The van der Waals surface area contributed by atoms with Crippen molar-refractivity contribution < 1.29 is 9.90 Å². The molecule has 3 N–H and O–H groups in total. The molecule has 0 radical (unpaired) electrons. The maximum Gasteiger partial charge on any atom is 0.319 e. The van der Waals surface area contributed by atoms with E-state index in [1.165, 1.54) is 0 Å². The zero-order valence-electron chi connectivity index (χ0n) is 12.0. The van der Waals surface area contributed by atoms with Gasteiger partial charge in [0, 0.05) is 13.6 Å². The number of aliphatic hydroxyl groups excluding tert-OH is 1. The SMILES string of the molecule is CCN(C)c1ccccc1NC(=O)NC(C)(C)CO. The number of anilines is 2. The minimum Gasteiger partial charge on any atom is -0.394 e. The summed E-state index contributed by atoms with van der Waals surface area (Å²) in [7, 11) is 1.97. The van der Waals surface area contributed by atoms with Gasteiger partial charge in [-0.15, -0.1) is 0 Å². The van der Waals surface area contributed by atoms with Crippen LogP contribution in [0.5, 0.6) is 0 Å². The van der Waals surface area contributed by atoms with Gasteiger partial charge in [-0.25, -0.2) is 4.79 Å². The van der Waals surface area contributed by atoms with Crippen molar-refractivity contribution >= 4 is 17.4 Å². The van der Waals surface area contributed by atoms with Crippen LogP contribution in [0.4, 0.5) is 16.2 Å². The number of hydrogen-bond acceptors (Lipinski definition) is 3. The van der Waals surface area contributed by atoms with Crippen LogP contribution < -0.4 is 15.5 Å². The molecule has 0 bridgehead atoms. The first-order chi connectivity index (χ1) is 8.89. The second kappa shape index (κ2) is 6.43. The molecule has 1 aromatic rings. The Balaban J connectivity index is 2.80. The molecular formula is C14H23N3O2. The molecule has 0 atom stereocenters. The third-order valence-corrected chi connectivity index (χ3v) is 2.89. The fourth-order valence-corrected chi connectivity index (χ4v) is 1.58. The van der Waals surface area contributed by atoms with E-state index < -0.39 is 5.54 Å². The number of amides is 2. The Labute approximate surface area is 114 Å². The van der Waals surface area contributed by atoms with E-state index in [0.717, 1.165) is 17.9 Å². The predicted molar refractivity (Wildman–Crippen MR) is 78.7 cm³/mol. The smallest absolute Gasteiger partial charge is 0.319 e. The largest absolute Gasteiger partial charge is 0.394 e. The van der Waals surface area contributed by atoms with Gasteiger partial charge in [-0.3, -0.25) is 0 Å². The van der Waals surface area contributed by atoms with Crippen molar-refractivity contribution in [3.63, 3.8) is 0 Å².